The molecule has 42 heavy (non-hydrogen) atoms. The number of fused-ring (bicyclic) bond motifs is 2. The van der Waals surface area contributed by atoms with Gasteiger partial charge >= 0.3 is 6.09 Å². The summed E-state index contributed by atoms with van der Waals surface area (Å²) in [6.07, 6.45) is -0.353. The molecule has 2 aliphatic rings. The predicted octanol–water partition coefficient (Wildman–Crippen LogP) is 4.85. The Labute approximate surface area is 243 Å². The van der Waals surface area contributed by atoms with Crippen molar-refractivity contribution in [3.8, 4) is 5.75 Å². The Morgan fingerprint density at radius 2 is 1.69 bits per heavy atom. The second-order valence-corrected chi connectivity index (χ2v) is 13.0. The number of hydrogen-bond acceptors (Lipinski definition) is 7. The molecule has 0 bridgehead atoms. The molecular weight excluding hydrogens is 565 g/mol. The van der Waals surface area contributed by atoms with Gasteiger partial charge in [0.1, 0.15) is 5.60 Å². The summed E-state index contributed by atoms with van der Waals surface area (Å²) in [5.74, 6) is -2.28. The predicted molar refractivity (Wildman–Crippen MR) is 153 cm³/mol. The summed E-state index contributed by atoms with van der Waals surface area (Å²) in [7, 11) is -3.06. The van der Waals surface area contributed by atoms with E-state index in [9.17, 15) is 27.2 Å². The number of benzene rings is 3. The molecule has 3 amide bonds. The number of sulfonamides is 1. The van der Waals surface area contributed by atoms with E-state index >= 15 is 0 Å². The van der Waals surface area contributed by atoms with Gasteiger partial charge in [-0.05, 0) is 75.1 Å². The van der Waals surface area contributed by atoms with Crippen molar-refractivity contribution in [1.29, 1.82) is 0 Å². The zero-order valence-corrected chi connectivity index (χ0v) is 24.3. The fourth-order valence-electron chi connectivity index (χ4n) is 5.12. The molecule has 12 heteroatoms. The maximum Gasteiger partial charge on any atom is 0.412 e. The van der Waals surface area contributed by atoms with E-state index in [4.69, 9.17) is 9.47 Å². The van der Waals surface area contributed by atoms with Crippen LogP contribution in [-0.2, 0) is 21.2 Å². The molecule has 0 fully saturated rings. The number of anilines is 2. The Kier molecular flexibility index (Phi) is 7.44. The van der Waals surface area contributed by atoms with E-state index in [1.54, 1.807) is 57.2 Å². The average molecular weight is 596 g/mol. The van der Waals surface area contributed by atoms with Crippen LogP contribution >= 0.6 is 0 Å². The highest BCUT2D eigenvalue weighted by atomic mass is 32.2. The average Bonchev–Trinajstić information content (AvgIpc) is 3.16. The number of methoxy groups -OCH3 is 1. The van der Waals surface area contributed by atoms with Crippen LogP contribution in [0, 0.1) is 11.7 Å². The van der Waals surface area contributed by atoms with Crippen LogP contribution in [0.5, 0.6) is 5.75 Å². The quantitative estimate of drug-likeness (QED) is 0.405. The molecule has 10 nitrogen and oxygen atoms in total. The van der Waals surface area contributed by atoms with Crippen molar-refractivity contribution in [2.45, 2.75) is 37.7 Å². The molecule has 3 aromatic carbocycles. The number of carbonyl (C=O) groups is 3. The Bertz CT molecular complexity index is 1670. The maximum atomic E-state index is 14.2. The number of amides is 3. The summed E-state index contributed by atoms with van der Waals surface area (Å²) < 4.78 is 53.7. The number of nitrogens with one attached hydrogen (secondary N) is 1. The fourth-order valence-corrected chi connectivity index (χ4v) is 6.70. The summed E-state index contributed by atoms with van der Waals surface area (Å²) in [6.45, 7) is 5.07. The molecule has 1 N–H and O–H groups in total. The van der Waals surface area contributed by atoms with Crippen molar-refractivity contribution in [3.05, 3.63) is 83.2 Å². The van der Waals surface area contributed by atoms with Crippen molar-refractivity contribution in [2.75, 3.05) is 29.8 Å². The standard InChI is InChI=1S/C30H30FN3O7S/c1-30(2,3)41-29(37)32-20-10-9-19-13-18(16-33-27(35)22-7-5-6-8-23(22)28(33)36)17-34(25(19)14-20)42(38,39)21-11-12-24(31)26(15-21)40-4/h5-12,14-15,18H,13,16-17H2,1-4H3,(H,32,37). The minimum Gasteiger partial charge on any atom is -0.494 e. The number of rotatable bonds is 6. The molecular formula is C30H30FN3O7S. The molecule has 0 aromatic heterocycles. The van der Waals surface area contributed by atoms with E-state index in [0.717, 1.165) is 27.4 Å². The fraction of sp³-hybridized carbons (Fsp3) is 0.300. The number of nitrogens with zero attached hydrogens (tertiary/aromatic N) is 2. The van der Waals surface area contributed by atoms with Crippen LogP contribution < -0.4 is 14.4 Å². The first-order valence-corrected chi connectivity index (χ1v) is 14.7. The molecule has 0 aliphatic carbocycles. The first kappa shape index (κ1) is 29.1. The number of hydrogen-bond donors (Lipinski definition) is 1. The van der Waals surface area contributed by atoms with Crippen molar-refractivity contribution in [1.82, 2.24) is 4.90 Å². The van der Waals surface area contributed by atoms with Gasteiger partial charge in [-0.25, -0.2) is 17.6 Å². The Hall–Kier alpha value is -4.45. The van der Waals surface area contributed by atoms with Crippen LogP contribution in [0.15, 0.2) is 65.6 Å². The Balaban J connectivity index is 1.51. The van der Waals surface area contributed by atoms with Gasteiger partial charge in [0.25, 0.3) is 21.8 Å². The molecule has 220 valence electrons. The second-order valence-electron chi connectivity index (χ2n) is 11.1. The largest absolute Gasteiger partial charge is 0.494 e. The molecule has 1 unspecified atom stereocenters. The van der Waals surface area contributed by atoms with E-state index < -0.39 is 45.3 Å². The van der Waals surface area contributed by atoms with Gasteiger partial charge in [0, 0.05) is 24.8 Å². The van der Waals surface area contributed by atoms with Crippen molar-refractivity contribution in [3.63, 3.8) is 0 Å². The van der Waals surface area contributed by atoms with Gasteiger partial charge in [0.05, 0.1) is 28.8 Å². The Morgan fingerprint density at radius 3 is 2.31 bits per heavy atom. The Morgan fingerprint density at radius 1 is 1.02 bits per heavy atom. The number of carbonyl (C=O) groups excluding carboxylic acids is 3. The molecule has 0 saturated heterocycles. The summed E-state index contributed by atoms with van der Waals surface area (Å²) in [6, 6.07) is 14.6. The van der Waals surface area contributed by atoms with Crippen LogP contribution in [-0.4, -0.2) is 57.0 Å². The smallest absolute Gasteiger partial charge is 0.412 e. The van der Waals surface area contributed by atoms with Gasteiger partial charge in [0.15, 0.2) is 11.6 Å². The lowest BCUT2D eigenvalue weighted by Gasteiger charge is -2.36. The number of ether oxygens (including phenoxy) is 2. The van der Waals surface area contributed by atoms with E-state index in [0.29, 0.717) is 34.5 Å². The van der Waals surface area contributed by atoms with Crippen molar-refractivity contribution in [2.24, 2.45) is 5.92 Å². The first-order chi connectivity index (χ1) is 19.8. The maximum absolute atomic E-state index is 14.2. The van der Waals surface area contributed by atoms with E-state index in [2.05, 4.69) is 5.32 Å². The van der Waals surface area contributed by atoms with Crippen LogP contribution in [0.1, 0.15) is 47.1 Å². The minimum absolute atomic E-state index is 0.0115. The highest BCUT2D eigenvalue weighted by Gasteiger charge is 2.40. The molecule has 0 saturated carbocycles. The lowest BCUT2D eigenvalue weighted by Crippen LogP contribution is -2.45. The van der Waals surface area contributed by atoms with Crippen molar-refractivity contribution >= 4 is 39.3 Å². The van der Waals surface area contributed by atoms with Gasteiger partial charge in [-0.3, -0.25) is 24.1 Å². The molecule has 2 heterocycles. The summed E-state index contributed by atoms with van der Waals surface area (Å²) in [5, 5.41) is 2.63. The molecule has 0 spiro atoms. The molecule has 0 radical (unpaired) electrons. The summed E-state index contributed by atoms with van der Waals surface area (Å²) in [4.78, 5) is 39.4. The van der Waals surface area contributed by atoms with E-state index in [-0.39, 0.29) is 23.7 Å². The van der Waals surface area contributed by atoms with Gasteiger partial charge in [-0.1, -0.05) is 18.2 Å². The van der Waals surface area contributed by atoms with Gasteiger partial charge in [0.2, 0.25) is 0 Å². The summed E-state index contributed by atoms with van der Waals surface area (Å²) in [5.41, 5.74) is 1.09. The zero-order chi connectivity index (χ0) is 30.4. The minimum atomic E-state index is -4.29. The molecule has 3 aromatic rings. The molecule has 1 atom stereocenters. The SMILES string of the molecule is COc1cc(S(=O)(=O)N2CC(CN3C(=O)c4ccccc4C3=O)Cc3ccc(NC(=O)OC(C)(C)C)cc32)ccc1F. The second kappa shape index (κ2) is 10.8. The lowest BCUT2D eigenvalue weighted by atomic mass is 9.93. The van der Waals surface area contributed by atoms with Crippen LogP contribution in [0.25, 0.3) is 0 Å². The number of imide groups is 1. The monoisotopic (exact) mass is 595 g/mol. The third kappa shape index (κ3) is 5.54. The van der Waals surface area contributed by atoms with Gasteiger partial charge < -0.3 is 9.47 Å². The molecule has 5 rings (SSSR count). The van der Waals surface area contributed by atoms with E-state index in [1.807, 2.05) is 0 Å². The van der Waals surface area contributed by atoms with Crippen LogP contribution in [0.4, 0.5) is 20.6 Å². The van der Waals surface area contributed by atoms with Gasteiger partial charge in [-0.15, -0.1) is 0 Å². The summed E-state index contributed by atoms with van der Waals surface area (Å²) >= 11 is 0. The normalized spacial score (nSPS) is 16.6. The van der Waals surface area contributed by atoms with Gasteiger partial charge in [-0.2, -0.15) is 0 Å². The first-order valence-electron chi connectivity index (χ1n) is 13.2. The highest BCUT2D eigenvalue weighted by Crippen LogP contribution is 2.38. The third-order valence-corrected chi connectivity index (χ3v) is 8.74. The van der Waals surface area contributed by atoms with E-state index in [1.165, 1.54) is 13.2 Å². The van der Waals surface area contributed by atoms with Crippen LogP contribution in [0.3, 0.4) is 0 Å². The van der Waals surface area contributed by atoms with Crippen molar-refractivity contribution < 1.29 is 36.7 Å². The number of halogens is 1. The topological polar surface area (TPSA) is 122 Å². The molecule has 2 aliphatic heterocycles. The van der Waals surface area contributed by atoms with Crippen LogP contribution in [0.2, 0.25) is 0 Å². The third-order valence-electron chi connectivity index (χ3n) is 6.96. The lowest BCUT2D eigenvalue weighted by molar-refractivity contribution is 0.0620. The zero-order valence-electron chi connectivity index (χ0n) is 23.5. The highest BCUT2D eigenvalue weighted by molar-refractivity contribution is 7.92.